The third kappa shape index (κ3) is 2.84. The monoisotopic (exact) mass is 324 g/mol. The molecule has 10 nitrogen and oxygen atoms in total. The van der Waals surface area contributed by atoms with Gasteiger partial charge in [-0.3, -0.25) is 4.57 Å². The number of aromatic nitrogens is 3. The molecular weight excluding hydrogens is 308 g/mol. The Morgan fingerprint density at radius 1 is 1.43 bits per heavy atom. The van der Waals surface area contributed by atoms with Crippen LogP contribution in [0.15, 0.2) is 21.6 Å². The molecule has 2 aromatic heterocycles. The molecule has 3 heterocycles. The van der Waals surface area contributed by atoms with E-state index in [0.717, 1.165) is 0 Å². The number of hydrogen-bond acceptors (Lipinski definition) is 9. The van der Waals surface area contributed by atoms with Crippen molar-refractivity contribution in [1.29, 1.82) is 0 Å². The lowest BCUT2D eigenvalue weighted by molar-refractivity contribution is -0.0458. The second-order valence-electron chi connectivity index (χ2n) is 5.18. The maximum Gasteiger partial charge on any atom is 0.351 e. The highest BCUT2D eigenvalue weighted by Gasteiger charge is 2.35. The van der Waals surface area contributed by atoms with Gasteiger partial charge in [0.15, 0.2) is 5.76 Å². The van der Waals surface area contributed by atoms with Crippen LogP contribution in [-0.4, -0.2) is 48.8 Å². The summed E-state index contributed by atoms with van der Waals surface area (Å²) < 4.78 is 11.5. The van der Waals surface area contributed by atoms with E-state index in [1.807, 2.05) is 0 Å². The van der Waals surface area contributed by atoms with Gasteiger partial charge >= 0.3 is 5.69 Å². The van der Waals surface area contributed by atoms with Crippen molar-refractivity contribution >= 4 is 5.82 Å². The maximum absolute atomic E-state index is 12.0. The summed E-state index contributed by atoms with van der Waals surface area (Å²) in [6, 6.07) is 1.48. The quantitative estimate of drug-likeness (QED) is 0.531. The topological polar surface area (TPSA) is 157 Å². The minimum atomic E-state index is -0.883. The average molecular weight is 324 g/mol. The SMILES string of the molecule is Nc1nc(=O)n([C@H]2C[C@H](O)[C@@H](CO)O2)cc1-c1cc(CO)on1. The molecule has 10 heteroatoms. The van der Waals surface area contributed by atoms with Crippen molar-refractivity contribution in [3.05, 3.63) is 28.5 Å². The van der Waals surface area contributed by atoms with Crippen LogP contribution < -0.4 is 11.4 Å². The molecule has 3 rings (SSSR count). The van der Waals surface area contributed by atoms with Crippen molar-refractivity contribution in [3.63, 3.8) is 0 Å². The zero-order chi connectivity index (χ0) is 16.6. The number of rotatable bonds is 4. The van der Waals surface area contributed by atoms with E-state index in [1.165, 1.54) is 16.8 Å². The first-order valence-electron chi connectivity index (χ1n) is 6.93. The van der Waals surface area contributed by atoms with E-state index in [4.69, 9.17) is 25.2 Å². The summed E-state index contributed by atoms with van der Waals surface area (Å²) >= 11 is 0. The largest absolute Gasteiger partial charge is 0.394 e. The fourth-order valence-corrected chi connectivity index (χ4v) is 2.45. The van der Waals surface area contributed by atoms with E-state index in [9.17, 15) is 9.90 Å². The molecule has 1 saturated heterocycles. The third-order valence-corrected chi connectivity index (χ3v) is 3.67. The zero-order valence-corrected chi connectivity index (χ0v) is 12.0. The fourth-order valence-electron chi connectivity index (χ4n) is 2.45. The van der Waals surface area contributed by atoms with E-state index >= 15 is 0 Å². The van der Waals surface area contributed by atoms with Crippen LogP contribution in [0.2, 0.25) is 0 Å². The number of ether oxygens (including phenoxy) is 1. The van der Waals surface area contributed by atoms with Gasteiger partial charge in [-0.15, -0.1) is 0 Å². The Morgan fingerprint density at radius 3 is 2.83 bits per heavy atom. The average Bonchev–Trinajstić information content (AvgIpc) is 3.13. The van der Waals surface area contributed by atoms with Gasteiger partial charge in [-0.2, -0.15) is 4.98 Å². The van der Waals surface area contributed by atoms with Gasteiger partial charge in [0.25, 0.3) is 0 Å². The van der Waals surface area contributed by atoms with Gasteiger partial charge in [-0.25, -0.2) is 4.79 Å². The molecular formula is C13H16N4O6. The Balaban J connectivity index is 1.99. The Hall–Kier alpha value is -2.27. The molecule has 0 bridgehead atoms. The first-order valence-corrected chi connectivity index (χ1v) is 6.93. The highest BCUT2D eigenvalue weighted by molar-refractivity contribution is 5.69. The normalized spacial score (nSPS) is 24.2. The van der Waals surface area contributed by atoms with Crippen LogP contribution in [0.25, 0.3) is 11.3 Å². The molecule has 1 fully saturated rings. The van der Waals surface area contributed by atoms with Gasteiger partial charge in [-0.05, 0) is 0 Å². The number of nitrogens with zero attached hydrogens (tertiary/aromatic N) is 3. The molecule has 2 aromatic rings. The molecule has 0 spiro atoms. The predicted octanol–water partition coefficient (Wildman–Crippen LogP) is -1.39. The fraction of sp³-hybridized carbons (Fsp3) is 0.462. The Bertz CT molecular complexity index is 757. The lowest BCUT2D eigenvalue weighted by Crippen LogP contribution is -2.28. The van der Waals surface area contributed by atoms with Crippen LogP contribution in [0.3, 0.4) is 0 Å². The van der Waals surface area contributed by atoms with E-state index in [2.05, 4.69) is 10.1 Å². The second kappa shape index (κ2) is 6.08. The number of nitrogens with two attached hydrogens (primary N) is 1. The van der Waals surface area contributed by atoms with Crippen molar-refractivity contribution in [2.45, 2.75) is 31.5 Å². The zero-order valence-electron chi connectivity index (χ0n) is 12.0. The van der Waals surface area contributed by atoms with Crippen molar-refractivity contribution in [1.82, 2.24) is 14.7 Å². The van der Waals surface area contributed by atoms with Crippen LogP contribution in [0.1, 0.15) is 18.4 Å². The van der Waals surface area contributed by atoms with Gasteiger partial charge in [0.2, 0.25) is 0 Å². The van der Waals surface area contributed by atoms with Gasteiger partial charge in [0.1, 0.15) is 30.5 Å². The summed E-state index contributed by atoms with van der Waals surface area (Å²) in [5.74, 6) is 0.200. The molecule has 0 amide bonds. The third-order valence-electron chi connectivity index (χ3n) is 3.67. The maximum atomic E-state index is 12.0. The van der Waals surface area contributed by atoms with E-state index in [-0.39, 0.29) is 31.2 Å². The molecule has 1 aliphatic heterocycles. The summed E-state index contributed by atoms with van der Waals surface area (Å²) in [7, 11) is 0. The van der Waals surface area contributed by atoms with Gasteiger partial charge in [0, 0.05) is 18.7 Å². The molecule has 5 N–H and O–H groups in total. The first kappa shape index (κ1) is 15.6. The van der Waals surface area contributed by atoms with Crippen LogP contribution in [0.4, 0.5) is 5.82 Å². The first-order chi connectivity index (χ1) is 11.0. The van der Waals surface area contributed by atoms with Gasteiger partial charge in [-0.1, -0.05) is 5.16 Å². The van der Waals surface area contributed by atoms with E-state index in [1.54, 1.807) is 0 Å². The molecule has 0 aromatic carbocycles. The van der Waals surface area contributed by atoms with Crippen LogP contribution in [0.5, 0.6) is 0 Å². The van der Waals surface area contributed by atoms with E-state index < -0.39 is 24.1 Å². The Morgan fingerprint density at radius 2 is 2.22 bits per heavy atom. The molecule has 0 unspecified atom stereocenters. The number of aliphatic hydroxyl groups excluding tert-OH is 3. The molecule has 124 valence electrons. The summed E-state index contributed by atoms with van der Waals surface area (Å²) in [4.78, 5) is 15.8. The van der Waals surface area contributed by atoms with Gasteiger partial charge in [0.05, 0.1) is 18.3 Å². The van der Waals surface area contributed by atoms with Crippen LogP contribution >= 0.6 is 0 Å². The summed E-state index contributed by atoms with van der Waals surface area (Å²) in [6.07, 6.45) is -0.880. The highest BCUT2D eigenvalue weighted by atomic mass is 16.5. The molecule has 0 saturated carbocycles. The molecule has 0 aliphatic carbocycles. The number of hydrogen-bond donors (Lipinski definition) is 4. The second-order valence-corrected chi connectivity index (χ2v) is 5.18. The van der Waals surface area contributed by atoms with Crippen molar-refractivity contribution in [2.75, 3.05) is 12.3 Å². The minimum Gasteiger partial charge on any atom is -0.394 e. The highest BCUT2D eigenvalue weighted by Crippen LogP contribution is 2.30. The molecule has 1 aliphatic rings. The molecule has 3 atom stereocenters. The Labute approximate surface area is 129 Å². The molecule has 23 heavy (non-hydrogen) atoms. The number of aliphatic hydroxyl groups is 3. The lowest BCUT2D eigenvalue weighted by atomic mass is 10.2. The molecule has 0 radical (unpaired) electrons. The van der Waals surface area contributed by atoms with Gasteiger partial charge < -0.3 is 30.3 Å². The van der Waals surface area contributed by atoms with Crippen molar-refractivity contribution < 1.29 is 24.6 Å². The minimum absolute atomic E-state index is 0.0405. The lowest BCUT2D eigenvalue weighted by Gasteiger charge is -2.15. The van der Waals surface area contributed by atoms with Crippen LogP contribution in [0, 0.1) is 0 Å². The number of nitrogen functional groups attached to an aromatic ring is 1. The Kier molecular flexibility index (Phi) is 4.13. The van der Waals surface area contributed by atoms with Crippen LogP contribution in [-0.2, 0) is 11.3 Å². The summed E-state index contributed by atoms with van der Waals surface area (Å²) in [5.41, 5.74) is 5.75. The summed E-state index contributed by atoms with van der Waals surface area (Å²) in [6.45, 7) is -0.680. The summed E-state index contributed by atoms with van der Waals surface area (Å²) in [5, 5.41) is 31.7. The number of anilines is 1. The standard InChI is InChI=1S/C13H16N4O6/c14-12-7(8-1-6(4-18)23-16-8)3-17(13(21)15-12)11-2-9(20)10(5-19)22-11/h1,3,9-11,18-20H,2,4-5H2,(H2,14,15,21)/t9-,10+,11+/m0/s1. The predicted molar refractivity (Wildman–Crippen MR) is 75.9 cm³/mol. The van der Waals surface area contributed by atoms with Crippen molar-refractivity contribution in [2.24, 2.45) is 0 Å². The van der Waals surface area contributed by atoms with Crippen molar-refractivity contribution in [3.8, 4) is 11.3 Å². The smallest absolute Gasteiger partial charge is 0.351 e. The van der Waals surface area contributed by atoms with E-state index in [0.29, 0.717) is 11.3 Å².